The molecule has 20 heavy (non-hydrogen) atoms. The molecular formula is C15H29NaO4. The van der Waals surface area contributed by atoms with Crippen LogP contribution in [-0.4, -0.2) is 52.7 Å². The summed E-state index contributed by atoms with van der Waals surface area (Å²) in [7, 11) is 0. The molecule has 0 aromatic heterocycles. The molecule has 0 aromatic rings. The van der Waals surface area contributed by atoms with Crippen molar-refractivity contribution in [2.75, 3.05) is 0 Å². The second kappa shape index (κ2) is 15.5. The minimum absolute atomic E-state index is 0. The van der Waals surface area contributed by atoms with Crippen LogP contribution in [0.5, 0.6) is 0 Å². The molecule has 0 aliphatic heterocycles. The van der Waals surface area contributed by atoms with Crippen LogP contribution in [0.15, 0.2) is 0 Å². The molecule has 0 saturated heterocycles. The Balaban J connectivity index is 0. The summed E-state index contributed by atoms with van der Waals surface area (Å²) < 4.78 is 4.46. The molecule has 0 radical (unpaired) electrons. The van der Waals surface area contributed by atoms with Gasteiger partial charge in [0.2, 0.25) is 0 Å². The van der Waals surface area contributed by atoms with Gasteiger partial charge in [-0.05, 0) is 13.3 Å². The molecule has 0 rings (SSSR count). The fraction of sp³-hybridized carbons (Fsp3) is 0.867. The number of ether oxygens (including phenoxy) is 1. The first-order chi connectivity index (χ1) is 9.07. The van der Waals surface area contributed by atoms with Crippen LogP contribution in [0.1, 0.15) is 78.1 Å². The van der Waals surface area contributed by atoms with Crippen molar-refractivity contribution < 1.29 is 19.4 Å². The fourth-order valence-electron chi connectivity index (χ4n) is 1.83. The zero-order valence-electron chi connectivity index (χ0n) is 12.3. The third kappa shape index (κ3) is 14.5. The van der Waals surface area contributed by atoms with Gasteiger partial charge in [0.05, 0.1) is 0 Å². The number of carbonyl (C=O) groups is 2. The maximum absolute atomic E-state index is 11.2. The summed E-state index contributed by atoms with van der Waals surface area (Å²) in [5.74, 6) is -1.39. The molecule has 0 fully saturated rings. The molecule has 1 N–H and O–H groups in total. The van der Waals surface area contributed by atoms with Gasteiger partial charge < -0.3 is 9.84 Å². The Hall–Kier alpha value is 0.1000. The standard InChI is InChI=1S/C15H28O4.Na.H/c1-3-4-5-6-7-8-9-10-11-12-14(17)19-15(18)13(2)16;;/h13,16H,3-12H2,1-2H3;;. The van der Waals surface area contributed by atoms with Gasteiger partial charge in [-0.2, -0.15) is 0 Å². The van der Waals surface area contributed by atoms with E-state index >= 15 is 0 Å². The number of aliphatic hydroxyl groups is 1. The molecule has 0 heterocycles. The number of carbonyl (C=O) groups excluding carboxylic acids is 2. The van der Waals surface area contributed by atoms with E-state index in [4.69, 9.17) is 5.11 Å². The van der Waals surface area contributed by atoms with Gasteiger partial charge in [-0.3, -0.25) is 4.79 Å². The zero-order chi connectivity index (χ0) is 14.5. The van der Waals surface area contributed by atoms with Crippen LogP contribution in [0.4, 0.5) is 0 Å². The average Bonchev–Trinajstić information content (AvgIpc) is 2.36. The summed E-state index contributed by atoms with van der Waals surface area (Å²) in [6.07, 6.45) is 9.60. The normalized spacial score (nSPS) is 11.6. The second-order valence-corrected chi connectivity index (χ2v) is 5.05. The van der Waals surface area contributed by atoms with Crippen LogP contribution in [0.3, 0.4) is 0 Å². The first kappa shape index (κ1) is 22.4. The van der Waals surface area contributed by atoms with Gasteiger partial charge in [-0.25, -0.2) is 4.79 Å². The Labute approximate surface area is 144 Å². The Morgan fingerprint density at radius 3 is 1.85 bits per heavy atom. The fourth-order valence-corrected chi connectivity index (χ4v) is 1.83. The number of hydrogen-bond donors (Lipinski definition) is 1. The average molecular weight is 296 g/mol. The zero-order valence-corrected chi connectivity index (χ0v) is 12.3. The first-order valence-corrected chi connectivity index (χ1v) is 7.50. The summed E-state index contributed by atoms with van der Waals surface area (Å²) in [5.41, 5.74) is 0. The van der Waals surface area contributed by atoms with E-state index in [0.29, 0.717) is 0 Å². The van der Waals surface area contributed by atoms with Crippen molar-refractivity contribution in [2.24, 2.45) is 0 Å². The van der Waals surface area contributed by atoms with Crippen molar-refractivity contribution in [3.05, 3.63) is 0 Å². The number of hydrogen-bond acceptors (Lipinski definition) is 4. The van der Waals surface area contributed by atoms with Gasteiger partial charge in [-0.1, -0.05) is 58.3 Å². The summed E-state index contributed by atoms with van der Waals surface area (Å²) in [6, 6.07) is 0. The third-order valence-electron chi connectivity index (χ3n) is 3.04. The Morgan fingerprint density at radius 1 is 0.950 bits per heavy atom. The van der Waals surface area contributed by atoms with Crippen molar-refractivity contribution >= 4 is 41.5 Å². The number of unbranched alkanes of at least 4 members (excludes halogenated alkanes) is 8. The van der Waals surface area contributed by atoms with Crippen LogP contribution < -0.4 is 0 Å². The molecule has 0 aliphatic carbocycles. The molecule has 0 bridgehead atoms. The number of rotatable bonds is 11. The number of esters is 2. The topological polar surface area (TPSA) is 63.6 Å². The first-order valence-electron chi connectivity index (χ1n) is 7.50. The maximum atomic E-state index is 11.2. The van der Waals surface area contributed by atoms with Crippen LogP contribution >= 0.6 is 0 Å². The molecule has 1 atom stereocenters. The van der Waals surface area contributed by atoms with Crippen molar-refractivity contribution in [1.29, 1.82) is 0 Å². The molecular weight excluding hydrogens is 267 g/mol. The summed E-state index contributed by atoms with van der Waals surface area (Å²) in [4.78, 5) is 22.1. The van der Waals surface area contributed by atoms with E-state index in [2.05, 4.69) is 11.7 Å². The Kier molecular flexibility index (Phi) is 17.3. The van der Waals surface area contributed by atoms with Gasteiger partial charge in [0.25, 0.3) is 0 Å². The van der Waals surface area contributed by atoms with E-state index in [-0.39, 0.29) is 36.0 Å². The molecule has 0 spiro atoms. The molecule has 0 saturated carbocycles. The monoisotopic (exact) mass is 296 g/mol. The van der Waals surface area contributed by atoms with Crippen LogP contribution in [0.25, 0.3) is 0 Å². The van der Waals surface area contributed by atoms with Gasteiger partial charge in [-0.15, -0.1) is 0 Å². The van der Waals surface area contributed by atoms with E-state index in [1.165, 1.54) is 45.4 Å². The predicted octanol–water partition coefficient (Wildman–Crippen LogP) is 2.71. The van der Waals surface area contributed by atoms with E-state index in [1.54, 1.807) is 0 Å². The van der Waals surface area contributed by atoms with Gasteiger partial charge in [0.15, 0.2) is 0 Å². The second-order valence-electron chi connectivity index (χ2n) is 5.05. The third-order valence-corrected chi connectivity index (χ3v) is 3.04. The van der Waals surface area contributed by atoms with E-state index < -0.39 is 18.0 Å². The molecule has 0 aliphatic rings. The molecule has 1 unspecified atom stereocenters. The van der Waals surface area contributed by atoms with Crippen LogP contribution in [0, 0.1) is 0 Å². The van der Waals surface area contributed by atoms with Crippen molar-refractivity contribution in [3.63, 3.8) is 0 Å². The van der Waals surface area contributed by atoms with Crippen molar-refractivity contribution in [2.45, 2.75) is 84.2 Å². The van der Waals surface area contributed by atoms with Gasteiger partial charge in [0, 0.05) is 6.42 Å². The Bertz CT molecular complexity index is 254. The van der Waals surface area contributed by atoms with Gasteiger partial charge in [0.1, 0.15) is 6.10 Å². The quantitative estimate of drug-likeness (QED) is 0.275. The minimum atomic E-state index is -1.23. The predicted molar refractivity (Wildman–Crippen MR) is 81.8 cm³/mol. The summed E-state index contributed by atoms with van der Waals surface area (Å²) in [5, 5.41) is 8.87. The van der Waals surface area contributed by atoms with E-state index in [1.807, 2.05) is 0 Å². The van der Waals surface area contributed by atoms with Gasteiger partial charge >= 0.3 is 41.5 Å². The molecule has 114 valence electrons. The van der Waals surface area contributed by atoms with Crippen LogP contribution in [-0.2, 0) is 14.3 Å². The summed E-state index contributed by atoms with van der Waals surface area (Å²) >= 11 is 0. The Morgan fingerprint density at radius 2 is 1.40 bits per heavy atom. The van der Waals surface area contributed by atoms with E-state index in [9.17, 15) is 9.59 Å². The SMILES string of the molecule is CCCCCCCCCCCC(=O)OC(=O)C(C)O.[NaH]. The number of aliphatic hydroxyl groups excluding tert-OH is 1. The van der Waals surface area contributed by atoms with Crippen molar-refractivity contribution in [3.8, 4) is 0 Å². The molecule has 4 nitrogen and oxygen atoms in total. The summed E-state index contributed by atoms with van der Waals surface area (Å²) in [6.45, 7) is 3.50. The molecule has 0 amide bonds. The van der Waals surface area contributed by atoms with Crippen molar-refractivity contribution in [1.82, 2.24) is 0 Å². The molecule has 0 aromatic carbocycles. The van der Waals surface area contributed by atoms with Crippen LogP contribution in [0.2, 0.25) is 0 Å². The van der Waals surface area contributed by atoms with E-state index in [0.717, 1.165) is 19.3 Å². The molecule has 5 heteroatoms.